The summed E-state index contributed by atoms with van der Waals surface area (Å²) in [5.41, 5.74) is 3.15. The standard InChI is InChI=1S/C13H16N4O3S2/c1-2-5-14-13(21)16-15-9-10-3-4-12(22-7-6-18)11(8-10)17(19)20/h2-4,8-9,18H,1,5-7H2,(H2,14,16,21). The van der Waals surface area contributed by atoms with Crippen LogP contribution in [0.25, 0.3) is 0 Å². The lowest BCUT2D eigenvalue weighted by Gasteiger charge is -2.04. The van der Waals surface area contributed by atoms with Gasteiger partial charge in [-0.2, -0.15) is 5.10 Å². The molecule has 118 valence electrons. The molecule has 22 heavy (non-hydrogen) atoms. The molecule has 0 aromatic heterocycles. The first-order chi connectivity index (χ1) is 10.6. The fraction of sp³-hybridized carbons (Fsp3) is 0.231. The molecule has 0 saturated heterocycles. The highest BCUT2D eigenvalue weighted by Crippen LogP contribution is 2.29. The molecule has 0 spiro atoms. The van der Waals surface area contributed by atoms with E-state index in [9.17, 15) is 10.1 Å². The summed E-state index contributed by atoms with van der Waals surface area (Å²) >= 11 is 6.18. The van der Waals surface area contributed by atoms with Crippen LogP contribution < -0.4 is 10.7 Å². The summed E-state index contributed by atoms with van der Waals surface area (Å²) < 4.78 is 0. The van der Waals surface area contributed by atoms with Crippen molar-refractivity contribution in [1.82, 2.24) is 10.7 Å². The number of thiocarbonyl (C=S) groups is 1. The maximum Gasteiger partial charge on any atom is 0.283 e. The molecule has 0 radical (unpaired) electrons. The number of nitrogens with one attached hydrogen (secondary N) is 2. The Hall–Kier alpha value is -1.97. The van der Waals surface area contributed by atoms with Crippen LogP contribution in [0.5, 0.6) is 0 Å². The summed E-state index contributed by atoms with van der Waals surface area (Å²) in [5, 5.41) is 26.9. The summed E-state index contributed by atoms with van der Waals surface area (Å²) in [5.74, 6) is 0.402. The van der Waals surface area contributed by atoms with Gasteiger partial charge in [0.05, 0.1) is 22.6 Å². The number of benzene rings is 1. The van der Waals surface area contributed by atoms with Crippen molar-refractivity contribution < 1.29 is 10.0 Å². The summed E-state index contributed by atoms with van der Waals surface area (Å²) in [7, 11) is 0. The van der Waals surface area contributed by atoms with Gasteiger partial charge in [-0.1, -0.05) is 12.1 Å². The monoisotopic (exact) mass is 340 g/mol. The number of nitrogens with zero attached hydrogens (tertiary/aromatic N) is 2. The summed E-state index contributed by atoms with van der Waals surface area (Å²) in [6.07, 6.45) is 3.10. The molecule has 0 amide bonds. The van der Waals surface area contributed by atoms with Gasteiger partial charge in [0.15, 0.2) is 5.11 Å². The predicted octanol–water partition coefficient (Wildman–Crippen LogP) is 1.66. The Balaban J connectivity index is 2.75. The second kappa shape index (κ2) is 9.87. The number of nitro groups is 1. The van der Waals surface area contributed by atoms with Crippen LogP contribution in [-0.4, -0.2) is 40.3 Å². The van der Waals surface area contributed by atoms with Crippen LogP contribution in [-0.2, 0) is 0 Å². The molecular formula is C13H16N4O3S2. The number of rotatable bonds is 8. The van der Waals surface area contributed by atoms with Crippen molar-refractivity contribution in [2.45, 2.75) is 4.90 Å². The third kappa shape index (κ3) is 6.20. The van der Waals surface area contributed by atoms with E-state index in [4.69, 9.17) is 17.3 Å². The molecule has 0 aliphatic carbocycles. The highest BCUT2D eigenvalue weighted by molar-refractivity contribution is 7.99. The lowest BCUT2D eigenvalue weighted by molar-refractivity contribution is -0.387. The zero-order valence-corrected chi connectivity index (χ0v) is 13.3. The lowest BCUT2D eigenvalue weighted by Crippen LogP contribution is -2.31. The van der Waals surface area contributed by atoms with Gasteiger partial charge < -0.3 is 10.4 Å². The van der Waals surface area contributed by atoms with E-state index >= 15 is 0 Å². The van der Waals surface area contributed by atoms with Gasteiger partial charge in [-0.15, -0.1) is 18.3 Å². The van der Waals surface area contributed by atoms with Gasteiger partial charge in [-0.05, 0) is 18.3 Å². The van der Waals surface area contributed by atoms with Crippen molar-refractivity contribution in [1.29, 1.82) is 0 Å². The van der Waals surface area contributed by atoms with E-state index in [0.29, 0.717) is 27.9 Å². The Morgan fingerprint density at radius 2 is 2.36 bits per heavy atom. The van der Waals surface area contributed by atoms with E-state index < -0.39 is 4.92 Å². The fourth-order valence-electron chi connectivity index (χ4n) is 1.40. The van der Waals surface area contributed by atoms with Crippen LogP contribution in [0.4, 0.5) is 5.69 Å². The van der Waals surface area contributed by atoms with Crippen LogP contribution in [0.2, 0.25) is 0 Å². The molecule has 1 aromatic carbocycles. The van der Waals surface area contributed by atoms with Crippen LogP contribution in [0.3, 0.4) is 0 Å². The van der Waals surface area contributed by atoms with Gasteiger partial charge >= 0.3 is 0 Å². The van der Waals surface area contributed by atoms with Crippen molar-refractivity contribution >= 4 is 41.0 Å². The van der Waals surface area contributed by atoms with E-state index in [1.165, 1.54) is 24.0 Å². The quantitative estimate of drug-likeness (QED) is 0.165. The molecule has 0 atom stereocenters. The smallest absolute Gasteiger partial charge is 0.283 e. The highest BCUT2D eigenvalue weighted by atomic mass is 32.2. The Labute approximate surface area is 137 Å². The first-order valence-corrected chi connectivity index (χ1v) is 7.67. The van der Waals surface area contributed by atoms with Crippen molar-refractivity contribution in [3.05, 3.63) is 46.5 Å². The van der Waals surface area contributed by atoms with Gasteiger partial charge in [0, 0.05) is 23.9 Å². The molecule has 0 fully saturated rings. The second-order valence-electron chi connectivity index (χ2n) is 3.93. The zero-order valence-electron chi connectivity index (χ0n) is 11.7. The van der Waals surface area contributed by atoms with Crippen molar-refractivity contribution in [3.8, 4) is 0 Å². The molecule has 1 rings (SSSR count). The van der Waals surface area contributed by atoms with Gasteiger partial charge in [-0.25, -0.2) is 0 Å². The highest BCUT2D eigenvalue weighted by Gasteiger charge is 2.14. The summed E-state index contributed by atoms with van der Waals surface area (Å²) in [4.78, 5) is 11.1. The number of hydrogen-bond acceptors (Lipinski definition) is 6. The molecule has 0 aliphatic heterocycles. The average Bonchev–Trinajstić information content (AvgIpc) is 2.51. The Morgan fingerprint density at radius 1 is 1.59 bits per heavy atom. The normalized spacial score (nSPS) is 10.4. The van der Waals surface area contributed by atoms with Gasteiger partial charge in [-0.3, -0.25) is 15.5 Å². The first kappa shape index (κ1) is 18.1. The summed E-state index contributed by atoms with van der Waals surface area (Å²) in [6, 6.07) is 4.76. The second-order valence-corrected chi connectivity index (χ2v) is 5.47. The number of hydrogen-bond donors (Lipinski definition) is 3. The van der Waals surface area contributed by atoms with Crippen molar-refractivity contribution in [2.75, 3.05) is 18.9 Å². The average molecular weight is 340 g/mol. The first-order valence-electron chi connectivity index (χ1n) is 6.28. The van der Waals surface area contributed by atoms with E-state index in [1.807, 2.05) is 0 Å². The maximum atomic E-state index is 11.1. The molecule has 9 heteroatoms. The molecule has 0 bridgehead atoms. The van der Waals surface area contributed by atoms with Gasteiger partial charge in [0.2, 0.25) is 0 Å². The number of thioether (sulfide) groups is 1. The zero-order chi connectivity index (χ0) is 16.4. The number of aliphatic hydroxyl groups is 1. The van der Waals surface area contributed by atoms with Crippen molar-refractivity contribution in [3.63, 3.8) is 0 Å². The Kier molecular flexibility index (Phi) is 8.11. The number of hydrazone groups is 1. The Morgan fingerprint density at radius 3 is 3.00 bits per heavy atom. The van der Waals surface area contributed by atoms with Crippen LogP contribution in [0.15, 0.2) is 40.9 Å². The predicted molar refractivity (Wildman–Crippen MR) is 92.4 cm³/mol. The van der Waals surface area contributed by atoms with Gasteiger partial charge in [0.1, 0.15) is 0 Å². The van der Waals surface area contributed by atoms with Gasteiger partial charge in [0.25, 0.3) is 5.69 Å². The van der Waals surface area contributed by atoms with Crippen LogP contribution >= 0.6 is 24.0 Å². The number of aliphatic hydroxyl groups excluding tert-OH is 1. The molecule has 3 N–H and O–H groups in total. The summed E-state index contributed by atoms with van der Waals surface area (Å²) in [6.45, 7) is 4.03. The molecule has 0 heterocycles. The van der Waals surface area contributed by atoms with Crippen molar-refractivity contribution in [2.24, 2.45) is 5.10 Å². The fourth-order valence-corrected chi connectivity index (χ4v) is 2.30. The molecular weight excluding hydrogens is 324 g/mol. The van der Waals surface area contributed by atoms with E-state index in [2.05, 4.69) is 22.4 Å². The maximum absolute atomic E-state index is 11.1. The minimum Gasteiger partial charge on any atom is -0.396 e. The lowest BCUT2D eigenvalue weighted by atomic mass is 10.2. The number of nitro benzene ring substituents is 1. The topological polar surface area (TPSA) is 99.8 Å². The largest absolute Gasteiger partial charge is 0.396 e. The minimum atomic E-state index is -0.458. The van der Waals surface area contributed by atoms with Crippen LogP contribution in [0, 0.1) is 10.1 Å². The SMILES string of the molecule is C=CCNC(=S)NN=Cc1ccc(SCCO)c([N+](=O)[O-])c1. The molecule has 1 aromatic rings. The van der Waals surface area contributed by atoms with E-state index in [0.717, 1.165) is 0 Å². The molecule has 0 aliphatic rings. The van der Waals surface area contributed by atoms with Crippen LogP contribution in [0.1, 0.15) is 5.56 Å². The van der Waals surface area contributed by atoms with E-state index in [1.54, 1.807) is 18.2 Å². The third-order valence-corrected chi connectivity index (χ3v) is 3.59. The molecule has 0 unspecified atom stereocenters. The Bertz CT molecular complexity index is 578. The third-order valence-electron chi connectivity index (χ3n) is 2.32. The minimum absolute atomic E-state index is 0.0187. The molecule has 7 nitrogen and oxygen atoms in total. The van der Waals surface area contributed by atoms with E-state index in [-0.39, 0.29) is 12.3 Å². The molecule has 0 saturated carbocycles.